The average molecular weight is 310 g/mol. The van der Waals surface area contributed by atoms with Gasteiger partial charge in [0.2, 0.25) is 0 Å². The summed E-state index contributed by atoms with van der Waals surface area (Å²) in [6.45, 7) is 0. The van der Waals surface area contributed by atoms with Crippen molar-refractivity contribution in [1.29, 1.82) is 0 Å². The van der Waals surface area contributed by atoms with Crippen molar-refractivity contribution in [2.24, 2.45) is 0 Å². The number of allylic oxidation sites excluding steroid dienone is 2. The summed E-state index contributed by atoms with van der Waals surface area (Å²) in [6.07, 6.45) is 6.28. The third-order valence-corrected chi connectivity index (χ3v) is 3.16. The molecule has 0 aliphatic rings. The highest BCUT2D eigenvalue weighted by Gasteiger charge is 2.02. The molecule has 4 nitrogen and oxygen atoms in total. The molecule has 0 spiro atoms. The fourth-order valence-corrected chi connectivity index (χ4v) is 2.00. The summed E-state index contributed by atoms with van der Waals surface area (Å²) in [6, 6.07) is 12.1. The van der Waals surface area contributed by atoms with Crippen LogP contribution in [0.3, 0.4) is 0 Å². The second kappa shape index (κ2) is 7.84. The molecule has 0 amide bonds. The lowest BCUT2D eigenvalue weighted by atomic mass is 10.1. The predicted octanol–water partition coefficient (Wildman–Crippen LogP) is 3.71. The molecule has 0 aliphatic heterocycles. The Kier molecular flexibility index (Phi) is 5.58. The van der Waals surface area contributed by atoms with Crippen LogP contribution in [0.5, 0.6) is 17.2 Å². The number of carbonyl (C=O) groups is 1. The van der Waals surface area contributed by atoms with Gasteiger partial charge in [-0.15, -0.1) is 0 Å². The fourth-order valence-electron chi connectivity index (χ4n) is 2.00. The van der Waals surface area contributed by atoms with Gasteiger partial charge in [0.05, 0.1) is 14.2 Å². The van der Waals surface area contributed by atoms with Crippen LogP contribution >= 0.6 is 0 Å². The van der Waals surface area contributed by atoms with Gasteiger partial charge in [0.1, 0.15) is 5.75 Å². The standard InChI is InChI=1S/C19H18O4/c1-22-18-11-8-15(13-19(18)23-2)7-10-16(20)9-6-14-4-3-5-17(21)12-14/h3-13,21H,1-2H3/b9-6+,10-7+. The van der Waals surface area contributed by atoms with Gasteiger partial charge in [-0.1, -0.05) is 30.4 Å². The normalized spacial score (nSPS) is 11.0. The molecule has 0 aliphatic carbocycles. The summed E-state index contributed by atoms with van der Waals surface area (Å²) in [5.74, 6) is 1.26. The number of benzene rings is 2. The van der Waals surface area contributed by atoms with Gasteiger partial charge < -0.3 is 14.6 Å². The van der Waals surface area contributed by atoms with E-state index in [1.807, 2.05) is 12.1 Å². The summed E-state index contributed by atoms with van der Waals surface area (Å²) in [7, 11) is 3.14. The Hall–Kier alpha value is -3.01. The van der Waals surface area contributed by atoms with Crippen LogP contribution in [0.15, 0.2) is 54.6 Å². The quantitative estimate of drug-likeness (QED) is 0.827. The van der Waals surface area contributed by atoms with Crippen molar-refractivity contribution < 1.29 is 19.4 Å². The molecule has 0 atom stereocenters. The molecule has 2 aromatic carbocycles. The Morgan fingerprint density at radius 2 is 1.57 bits per heavy atom. The number of hydrogen-bond donors (Lipinski definition) is 1. The van der Waals surface area contributed by atoms with Crippen molar-refractivity contribution in [2.75, 3.05) is 14.2 Å². The minimum absolute atomic E-state index is 0.150. The Morgan fingerprint density at radius 1 is 0.913 bits per heavy atom. The van der Waals surface area contributed by atoms with E-state index in [1.165, 1.54) is 12.2 Å². The Balaban J connectivity index is 2.06. The summed E-state index contributed by atoms with van der Waals surface area (Å²) in [5.41, 5.74) is 1.60. The zero-order valence-corrected chi connectivity index (χ0v) is 13.0. The summed E-state index contributed by atoms with van der Waals surface area (Å²) in [4.78, 5) is 11.9. The number of methoxy groups -OCH3 is 2. The van der Waals surface area contributed by atoms with Gasteiger partial charge in [-0.2, -0.15) is 0 Å². The van der Waals surface area contributed by atoms with Crippen LogP contribution in [0.25, 0.3) is 12.2 Å². The summed E-state index contributed by atoms with van der Waals surface area (Å²) >= 11 is 0. The molecule has 0 bridgehead atoms. The monoisotopic (exact) mass is 310 g/mol. The van der Waals surface area contributed by atoms with E-state index in [2.05, 4.69) is 0 Å². The maximum Gasteiger partial charge on any atom is 0.178 e. The number of aromatic hydroxyl groups is 1. The molecule has 0 unspecified atom stereocenters. The highest BCUT2D eigenvalue weighted by molar-refractivity contribution is 6.04. The molecule has 0 saturated heterocycles. The number of phenolic OH excluding ortho intramolecular Hbond substituents is 1. The number of hydrogen-bond acceptors (Lipinski definition) is 4. The van der Waals surface area contributed by atoms with Crippen molar-refractivity contribution >= 4 is 17.9 Å². The predicted molar refractivity (Wildman–Crippen MR) is 90.7 cm³/mol. The first-order chi connectivity index (χ1) is 11.1. The van der Waals surface area contributed by atoms with E-state index in [0.29, 0.717) is 11.5 Å². The molecule has 2 rings (SSSR count). The first-order valence-corrected chi connectivity index (χ1v) is 7.03. The highest BCUT2D eigenvalue weighted by atomic mass is 16.5. The number of phenols is 1. The highest BCUT2D eigenvalue weighted by Crippen LogP contribution is 2.27. The van der Waals surface area contributed by atoms with Gasteiger partial charge in [0.15, 0.2) is 17.3 Å². The number of carbonyl (C=O) groups excluding carboxylic acids is 1. The zero-order valence-electron chi connectivity index (χ0n) is 13.0. The van der Waals surface area contributed by atoms with Gasteiger partial charge in [-0.05, 0) is 47.5 Å². The fraction of sp³-hybridized carbons (Fsp3) is 0.105. The summed E-state index contributed by atoms with van der Waals surface area (Å²) in [5, 5.41) is 9.37. The van der Waals surface area contributed by atoms with Crippen molar-refractivity contribution in [3.8, 4) is 17.2 Å². The molecule has 23 heavy (non-hydrogen) atoms. The molecule has 0 aromatic heterocycles. The van der Waals surface area contributed by atoms with Crippen LogP contribution in [-0.2, 0) is 4.79 Å². The van der Waals surface area contributed by atoms with Gasteiger partial charge in [0.25, 0.3) is 0 Å². The van der Waals surface area contributed by atoms with Crippen LogP contribution in [-0.4, -0.2) is 25.1 Å². The summed E-state index contributed by atoms with van der Waals surface area (Å²) < 4.78 is 10.4. The smallest absolute Gasteiger partial charge is 0.178 e. The second-order valence-corrected chi connectivity index (χ2v) is 4.78. The second-order valence-electron chi connectivity index (χ2n) is 4.78. The van der Waals surface area contributed by atoms with Gasteiger partial charge >= 0.3 is 0 Å². The topological polar surface area (TPSA) is 55.8 Å². The van der Waals surface area contributed by atoms with Gasteiger partial charge in [-0.25, -0.2) is 0 Å². The van der Waals surface area contributed by atoms with Crippen molar-refractivity contribution in [3.05, 3.63) is 65.7 Å². The Labute approximate surface area is 135 Å². The third-order valence-electron chi connectivity index (χ3n) is 3.16. The van der Waals surface area contributed by atoms with Gasteiger partial charge in [0, 0.05) is 0 Å². The molecule has 0 saturated carbocycles. The van der Waals surface area contributed by atoms with E-state index < -0.39 is 0 Å². The molecule has 0 radical (unpaired) electrons. The molecule has 1 N–H and O–H groups in total. The van der Waals surface area contributed by atoms with Crippen molar-refractivity contribution in [3.63, 3.8) is 0 Å². The largest absolute Gasteiger partial charge is 0.508 e. The molecule has 4 heteroatoms. The lowest BCUT2D eigenvalue weighted by Gasteiger charge is -2.07. The van der Waals surface area contributed by atoms with E-state index in [4.69, 9.17) is 9.47 Å². The number of rotatable bonds is 6. The lowest BCUT2D eigenvalue weighted by Crippen LogP contribution is -1.91. The van der Waals surface area contributed by atoms with Crippen LogP contribution in [0.1, 0.15) is 11.1 Å². The van der Waals surface area contributed by atoms with Crippen LogP contribution in [0, 0.1) is 0 Å². The van der Waals surface area contributed by atoms with E-state index in [1.54, 1.807) is 56.7 Å². The lowest BCUT2D eigenvalue weighted by molar-refractivity contribution is -0.110. The Morgan fingerprint density at radius 3 is 2.17 bits per heavy atom. The van der Waals surface area contributed by atoms with E-state index in [-0.39, 0.29) is 11.5 Å². The molecular weight excluding hydrogens is 292 g/mol. The minimum atomic E-state index is -0.150. The molecule has 0 fully saturated rings. The van der Waals surface area contributed by atoms with Crippen molar-refractivity contribution in [1.82, 2.24) is 0 Å². The van der Waals surface area contributed by atoms with Crippen LogP contribution in [0.4, 0.5) is 0 Å². The minimum Gasteiger partial charge on any atom is -0.508 e. The maximum atomic E-state index is 11.9. The van der Waals surface area contributed by atoms with E-state index in [9.17, 15) is 9.90 Å². The van der Waals surface area contributed by atoms with Crippen molar-refractivity contribution in [2.45, 2.75) is 0 Å². The molecule has 0 heterocycles. The third kappa shape index (κ3) is 4.74. The number of ketones is 1. The van der Waals surface area contributed by atoms with E-state index >= 15 is 0 Å². The van der Waals surface area contributed by atoms with Gasteiger partial charge in [-0.3, -0.25) is 4.79 Å². The molecular formula is C19H18O4. The molecule has 2 aromatic rings. The average Bonchev–Trinajstić information content (AvgIpc) is 2.57. The Bertz CT molecular complexity index is 745. The van der Waals surface area contributed by atoms with E-state index in [0.717, 1.165) is 11.1 Å². The van der Waals surface area contributed by atoms with Crippen LogP contribution in [0.2, 0.25) is 0 Å². The molecule has 118 valence electrons. The first kappa shape index (κ1) is 16.4. The first-order valence-electron chi connectivity index (χ1n) is 7.03. The number of ether oxygens (including phenoxy) is 2. The zero-order chi connectivity index (χ0) is 16.7. The van der Waals surface area contributed by atoms with Crippen LogP contribution < -0.4 is 9.47 Å². The SMILES string of the molecule is COc1ccc(/C=C/C(=O)/C=C/c2cccc(O)c2)cc1OC. The maximum absolute atomic E-state index is 11.9.